The van der Waals surface area contributed by atoms with Crippen molar-refractivity contribution < 1.29 is 0 Å². The second-order valence-electron chi connectivity index (χ2n) is 4.87. The molecule has 3 rings (SSSR count). The van der Waals surface area contributed by atoms with Crippen LogP contribution in [0.3, 0.4) is 0 Å². The molecule has 2 saturated heterocycles. The molecule has 0 radical (unpaired) electrons. The molecular weight excluding hydrogens is 198 g/mol. The van der Waals surface area contributed by atoms with E-state index in [2.05, 4.69) is 27.3 Å². The highest BCUT2D eigenvalue weighted by atomic mass is 15.2. The molecule has 2 unspecified atom stereocenters. The summed E-state index contributed by atoms with van der Waals surface area (Å²) in [7, 11) is 0. The second-order valence-corrected chi connectivity index (χ2v) is 4.87. The maximum Gasteiger partial charge on any atom is 0.0429 e. The van der Waals surface area contributed by atoms with Gasteiger partial charge in [-0.25, -0.2) is 0 Å². The fourth-order valence-electron chi connectivity index (χ4n) is 3.08. The van der Waals surface area contributed by atoms with Gasteiger partial charge in [-0.05, 0) is 37.9 Å². The van der Waals surface area contributed by atoms with Crippen molar-refractivity contribution in [2.24, 2.45) is 0 Å². The molecule has 2 atom stereocenters. The van der Waals surface area contributed by atoms with E-state index in [1.54, 1.807) is 0 Å². The lowest BCUT2D eigenvalue weighted by Crippen LogP contribution is -2.41. The van der Waals surface area contributed by atoms with Crippen molar-refractivity contribution in [1.29, 1.82) is 0 Å². The van der Waals surface area contributed by atoms with E-state index in [9.17, 15) is 0 Å². The number of rotatable bonds is 2. The van der Waals surface area contributed by atoms with Crippen LogP contribution in [-0.4, -0.2) is 35.1 Å². The maximum atomic E-state index is 4.05. The van der Waals surface area contributed by atoms with Gasteiger partial charge in [0.1, 0.15) is 0 Å². The predicted molar refractivity (Wildman–Crippen MR) is 65.5 cm³/mol. The standard InChI is InChI=1S/C13H19N3/c1-2-9-16-10-6-12(13(16)3-1)15-11-4-7-14-8-5-11/h4-5,7-8,12-13H,1-3,6,9-10H2,(H,14,15). The lowest BCUT2D eigenvalue weighted by molar-refractivity contribution is 0.193. The van der Waals surface area contributed by atoms with Crippen LogP contribution in [0, 0.1) is 0 Å². The Morgan fingerprint density at radius 3 is 2.88 bits per heavy atom. The van der Waals surface area contributed by atoms with Gasteiger partial charge in [0.2, 0.25) is 0 Å². The summed E-state index contributed by atoms with van der Waals surface area (Å²) >= 11 is 0. The van der Waals surface area contributed by atoms with E-state index >= 15 is 0 Å². The molecule has 0 bridgehead atoms. The lowest BCUT2D eigenvalue weighted by atomic mass is 9.99. The zero-order valence-electron chi connectivity index (χ0n) is 9.60. The minimum Gasteiger partial charge on any atom is -0.381 e. The highest BCUT2D eigenvalue weighted by Crippen LogP contribution is 2.29. The highest BCUT2D eigenvalue weighted by molar-refractivity contribution is 5.42. The van der Waals surface area contributed by atoms with Crippen molar-refractivity contribution in [3.05, 3.63) is 24.5 Å². The molecule has 0 saturated carbocycles. The Hall–Kier alpha value is -1.09. The van der Waals surface area contributed by atoms with Crippen molar-refractivity contribution in [3.63, 3.8) is 0 Å². The van der Waals surface area contributed by atoms with Crippen LogP contribution in [0.2, 0.25) is 0 Å². The Morgan fingerprint density at radius 2 is 2.00 bits per heavy atom. The first-order valence-electron chi connectivity index (χ1n) is 6.34. The van der Waals surface area contributed by atoms with Gasteiger partial charge in [0, 0.05) is 36.7 Å². The molecule has 2 aliphatic rings. The molecule has 3 heteroatoms. The lowest BCUT2D eigenvalue weighted by Gasteiger charge is -2.32. The Bertz CT molecular complexity index is 338. The third-order valence-electron chi connectivity index (χ3n) is 3.89. The highest BCUT2D eigenvalue weighted by Gasteiger charge is 2.35. The van der Waals surface area contributed by atoms with Crippen LogP contribution in [0.15, 0.2) is 24.5 Å². The SMILES string of the molecule is c1cc(NC2CCN3CCCCC23)ccn1. The summed E-state index contributed by atoms with van der Waals surface area (Å²) in [6, 6.07) is 5.53. The first kappa shape index (κ1) is 10.1. The summed E-state index contributed by atoms with van der Waals surface area (Å²) in [5.41, 5.74) is 1.22. The molecule has 16 heavy (non-hydrogen) atoms. The van der Waals surface area contributed by atoms with Crippen molar-refractivity contribution >= 4 is 5.69 Å². The Balaban J connectivity index is 1.67. The van der Waals surface area contributed by atoms with Gasteiger partial charge in [0.25, 0.3) is 0 Å². The molecule has 0 aliphatic carbocycles. The van der Waals surface area contributed by atoms with Gasteiger partial charge in [-0.15, -0.1) is 0 Å². The number of aromatic nitrogens is 1. The van der Waals surface area contributed by atoms with Gasteiger partial charge in [-0.2, -0.15) is 0 Å². The maximum absolute atomic E-state index is 4.05. The molecular formula is C13H19N3. The van der Waals surface area contributed by atoms with E-state index in [0.717, 1.165) is 6.04 Å². The molecule has 3 heterocycles. The smallest absolute Gasteiger partial charge is 0.0429 e. The monoisotopic (exact) mass is 217 g/mol. The van der Waals surface area contributed by atoms with Crippen LogP contribution < -0.4 is 5.32 Å². The molecule has 0 aromatic carbocycles. The Labute approximate surface area is 96.9 Å². The first-order valence-corrected chi connectivity index (χ1v) is 6.34. The van der Waals surface area contributed by atoms with Crippen molar-refractivity contribution in [2.75, 3.05) is 18.4 Å². The molecule has 1 aromatic rings. The van der Waals surface area contributed by atoms with E-state index in [-0.39, 0.29) is 0 Å². The fraction of sp³-hybridized carbons (Fsp3) is 0.615. The number of pyridine rings is 1. The second kappa shape index (κ2) is 4.42. The normalized spacial score (nSPS) is 30.0. The largest absolute Gasteiger partial charge is 0.381 e. The Kier molecular flexibility index (Phi) is 2.79. The third-order valence-corrected chi connectivity index (χ3v) is 3.89. The molecule has 1 aromatic heterocycles. The average Bonchev–Trinajstić information content (AvgIpc) is 2.74. The van der Waals surface area contributed by atoms with Crippen molar-refractivity contribution in [1.82, 2.24) is 9.88 Å². The molecule has 86 valence electrons. The molecule has 0 amide bonds. The van der Waals surface area contributed by atoms with Crippen LogP contribution in [0.25, 0.3) is 0 Å². The Morgan fingerprint density at radius 1 is 1.12 bits per heavy atom. The van der Waals surface area contributed by atoms with E-state index < -0.39 is 0 Å². The van der Waals surface area contributed by atoms with Crippen LogP contribution in [0.4, 0.5) is 5.69 Å². The van der Waals surface area contributed by atoms with Crippen molar-refractivity contribution in [3.8, 4) is 0 Å². The molecule has 2 fully saturated rings. The number of fused-ring (bicyclic) bond motifs is 1. The molecule has 3 nitrogen and oxygen atoms in total. The minimum atomic E-state index is 0.641. The minimum absolute atomic E-state index is 0.641. The first-order chi connectivity index (χ1) is 7.93. The van der Waals surface area contributed by atoms with E-state index in [1.165, 1.54) is 44.5 Å². The van der Waals surface area contributed by atoms with E-state index in [0.29, 0.717) is 6.04 Å². The number of anilines is 1. The third kappa shape index (κ3) is 1.92. The molecule has 1 N–H and O–H groups in total. The van der Waals surface area contributed by atoms with Gasteiger partial charge in [-0.3, -0.25) is 9.88 Å². The quantitative estimate of drug-likeness (QED) is 0.822. The van der Waals surface area contributed by atoms with Crippen LogP contribution in [-0.2, 0) is 0 Å². The summed E-state index contributed by atoms with van der Waals surface area (Å²) in [5.74, 6) is 0. The van der Waals surface area contributed by atoms with E-state index in [1.807, 2.05) is 12.4 Å². The van der Waals surface area contributed by atoms with E-state index in [4.69, 9.17) is 0 Å². The van der Waals surface area contributed by atoms with Crippen LogP contribution in [0.1, 0.15) is 25.7 Å². The topological polar surface area (TPSA) is 28.2 Å². The van der Waals surface area contributed by atoms with Gasteiger partial charge in [0.15, 0.2) is 0 Å². The summed E-state index contributed by atoms with van der Waals surface area (Å²) < 4.78 is 0. The van der Waals surface area contributed by atoms with Gasteiger partial charge in [0.05, 0.1) is 0 Å². The number of hydrogen-bond donors (Lipinski definition) is 1. The van der Waals surface area contributed by atoms with Crippen LogP contribution >= 0.6 is 0 Å². The number of piperidine rings is 1. The zero-order chi connectivity index (χ0) is 10.8. The summed E-state index contributed by atoms with van der Waals surface area (Å²) in [6.07, 6.45) is 9.15. The number of nitrogens with zero attached hydrogens (tertiary/aromatic N) is 2. The fourth-order valence-corrected chi connectivity index (χ4v) is 3.08. The molecule has 2 aliphatic heterocycles. The predicted octanol–water partition coefficient (Wildman–Crippen LogP) is 2.12. The summed E-state index contributed by atoms with van der Waals surface area (Å²) in [6.45, 7) is 2.58. The van der Waals surface area contributed by atoms with Crippen molar-refractivity contribution in [2.45, 2.75) is 37.8 Å². The summed E-state index contributed by atoms with van der Waals surface area (Å²) in [4.78, 5) is 6.71. The van der Waals surface area contributed by atoms with Gasteiger partial charge in [-0.1, -0.05) is 6.42 Å². The van der Waals surface area contributed by atoms with Gasteiger partial charge < -0.3 is 5.32 Å². The number of nitrogens with one attached hydrogen (secondary N) is 1. The number of hydrogen-bond acceptors (Lipinski definition) is 3. The van der Waals surface area contributed by atoms with Crippen LogP contribution in [0.5, 0.6) is 0 Å². The summed E-state index contributed by atoms with van der Waals surface area (Å²) in [5, 5.41) is 3.66. The zero-order valence-corrected chi connectivity index (χ0v) is 9.60. The average molecular weight is 217 g/mol. The molecule has 0 spiro atoms. The van der Waals surface area contributed by atoms with Gasteiger partial charge >= 0.3 is 0 Å².